The molecule has 0 radical (unpaired) electrons. The van der Waals surface area contributed by atoms with Gasteiger partial charge in [-0.05, 0) is 70.6 Å². The van der Waals surface area contributed by atoms with Gasteiger partial charge in [-0.15, -0.1) is 0 Å². The van der Waals surface area contributed by atoms with Crippen LogP contribution in [0.3, 0.4) is 0 Å². The molecule has 0 saturated heterocycles. The molecule has 13 atom stereocenters. The number of aliphatic hydroxyl groups is 7. The van der Waals surface area contributed by atoms with Crippen molar-refractivity contribution in [2.24, 2.45) is 11.8 Å². The van der Waals surface area contributed by atoms with Gasteiger partial charge in [0.25, 0.3) is 0 Å². The minimum atomic E-state index is -5.77. The molecule has 68 heavy (non-hydrogen) atoms. The fourth-order valence-corrected chi connectivity index (χ4v) is 9.26. The Balaban J connectivity index is 2.34. The summed E-state index contributed by atoms with van der Waals surface area (Å²) in [6.07, 6.45) is 7.17. The van der Waals surface area contributed by atoms with Crippen molar-refractivity contribution < 1.29 is 92.2 Å². The number of carbonyl (C=O) groups is 2. The first-order valence-corrected chi connectivity index (χ1v) is 27.1. The zero-order valence-electron chi connectivity index (χ0n) is 39.6. The van der Waals surface area contributed by atoms with Gasteiger partial charge in [0.1, 0.15) is 31.0 Å². The zero-order chi connectivity index (χ0) is 50.5. The lowest BCUT2D eigenvalue weighted by Crippen LogP contribution is -2.56. The van der Waals surface area contributed by atoms with Crippen LogP contribution < -0.4 is 0 Å². The van der Waals surface area contributed by atoms with Crippen molar-refractivity contribution in [1.29, 1.82) is 0 Å². The topological polar surface area (TPSA) is 317 Å². The molecule has 21 heteroatoms. The summed E-state index contributed by atoms with van der Waals surface area (Å²) in [5, 5.41) is 79.6. The maximum atomic E-state index is 13.7. The highest BCUT2D eigenvalue weighted by atomic mass is 31.2. The summed E-state index contributed by atoms with van der Waals surface area (Å²) in [5.74, 6) is -4.56. The first kappa shape index (κ1) is 61.7. The van der Waals surface area contributed by atoms with Crippen LogP contribution in [0.4, 0.5) is 0 Å². The smallest absolute Gasteiger partial charge is 0.462 e. The molecule has 0 aromatic rings. The molecule has 1 fully saturated rings. The Labute approximate surface area is 401 Å². The average molecular weight is 1010 g/mol. The van der Waals surface area contributed by atoms with Crippen molar-refractivity contribution in [3.8, 4) is 0 Å². The van der Waals surface area contributed by atoms with E-state index in [-0.39, 0.29) is 38.5 Å². The lowest BCUT2D eigenvalue weighted by Gasteiger charge is -2.38. The second kappa shape index (κ2) is 34.0. The number of unbranched alkanes of at least 4 members (excludes halogenated alkanes) is 7. The highest BCUT2D eigenvalue weighted by Crippen LogP contribution is 2.49. The number of hydrogen-bond donors (Lipinski definition) is 10. The predicted molar refractivity (Wildman–Crippen MR) is 252 cm³/mol. The van der Waals surface area contributed by atoms with Crippen molar-refractivity contribution >= 4 is 27.6 Å². The summed E-state index contributed by atoms with van der Waals surface area (Å²) < 4.78 is 52.1. The standard InChI is InChI=1S/C47H80O19P2/c1-3-5-7-8-9-10-11-12-13-14-15-16-17-18-23-27-40(51)62-32-35-33-63-68(60,61)66-47-45(56)44(55)42(53)36(26-22-19-20-24-28-41(52)64-35)38(49)31-39(50)37(30-29-34(48)25-21-6-4-2)43(54)46(47)65-67(57,58)59/h9-10,12-13,15-16,19,22,29-30,34-39,42-50,53-56H,3-8,11,14,17-18,20-21,23-28,31-33H2,1-2H3,(H,60,61)(H2,57,58,59)/b10-9-,13-12-,16-15-,22-19?,30-29?/t34-,35+,36-,37-,38-,39+,42+,43+,44-,45+,46+,47-/m0/s1. The Morgan fingerprint density at radius 1 is 0.853 bits per heavy atom. The van der Waals surface area contributed by atoms with E-state index in [4.69, 9.17) is 23.0 Å². The van der Waals surface area contributed by atoms with Crippen LogP contribution in [0.5, 0.6) is 0 Å². The summed E-state index contributed by atoms with van der Waals surface area (Å²) in [6.45, 7) is 2.50. The number of fused-ring (bicyclic) bond motifs is 4. The van der Waals surface area contributed by atoms with Gasteiger partial charge in [0.05, 0.1) is 37.1 Å². The van der Waals surface area contributed by atoms with Crippen molar-refractivity contribution in [2.45, 2.75) is 197 Å². The predicted octanol–water partition coefficient (Wildman–Crippen LogP) is 5.44. The molecular weight excluding hydrogens is 930 g/mol. The minimum absolute atomic E-state index is 0.00537. The van der Waals surface area contributed by atoms with E-state index in [1.54, 1.807) is 6.08 Å². The second-order valence-corrected chi connectivity index (χ2v) is 20.0. The lowest BCUT2D eigenvalue weighted by atomic mass is 9.83. The van der Waals surface area contributed by atoms with E-state index in [0.717, 1.165) is 44.6 Å². The first-order chi connectivity index (χ1) is 32.3. The molecule has 2 bridgehead atoms. The van der Waals surface area contributed by atoms with Crippen LogP contribution in [0.25, 0.3) is 0 Å². The Kier molecular flexibility index (Phi) is 30.9. The van der Waals surface area contributed by atoms with Crippen molar-refractivity contribution in [2.75, 3.05) is 13.2 Å². The van der Waals surface area contributed by atoms with E-state index in [1.807, 2.05) is 19.1 Å². The molecule has 0 spiro atoms. The molecule has 0 aromatic heterocycles. The summed E-state index contributed by atoms with van der Waals surface area (Å²) in [5.41, 5.74) is 0. The Morgan fingerprint density at radius 3 is 2.13 bits per heavy atom. The monoisotopic (exact) mass is 1010 g/mol. The molecule has 392 valence electrons. The number of aliphatic hydroxyl groups excluding tert-OH is 7. The highest BCUT2D eigenvalue weighted by Gasteiger charge is 2.51. The maximum absolute atomic E-state index is 13.7. The van der Waals surface area contributed by atoms with E-state index in [2.05, 4.69) is 31.2 Å². The molecule has 2 rings (SSSR count). The minimum Gasteiger partial charge on any atom is -0.462 e. The number of ether oxygens (including phenoxy) is 2. The van der Waals surface area contributed by atoms with E-state index in [0.29, 0.717) is 19.3 Å². The Morgan fingerprint density at radius 2 is 1.49 bits per heavy atom. The molecular formula is C47H80O19P2. The fraction of sp³-hybridized carbons (Fsp3) is 0.745. The summed E-state index contributed by atoms with van der Waals surface area (Å²) >= 11 is 0. The molecule has 0 aromatic carbocycles. The van der Waals surface area contributed by atoms with Crippen LogP contribution in [0, 0.1) is 11.8 Å². The second-order valence-electron chi connectivity index (χ2n) is 17.4. The van der Waals surface area contributed by atoms with Gasteiger partial charge < -0.3 is 59.9 Å². The van der Waals surface area contributed by atoms with E-state index >= 15 is 0 Å². The number of phosphoric acid groups is 2. The summed E-state index contributed by atoms with van der Waals surface area (Å²) in [4.78, 5) is 56.6. The SMILES string of the molecule is CCCCC/C=C\C/C=C\C/C=C\CCCCC(=O)OC[C@@H]1COP(=O)(O)O[C@H]2[C@H](O)[C@@H](O)[C@H](O)[C@@H](CC=CCCCC(=O)O1)[C@@H](O)C[C@@H](O)[C@H](C=C[C@@H](O)CCCCC)[C@@H](O)[C@H]2OP(=O)(O)O. The molecule has 10 N–H and O–H groups in total. The van der Waals surface area contributed by atoms with Crippen LogP contribution in [0.1, 0.15) is 136 Å². The van der Waals surface area contributed by atoms with Crippen LogP contribution >= 0.6 is 15.6 Å². The number of hydrogen-bond acceptors (Lipinski definition) is 16. The van der Waals surface area contributed by atoms with Crippen LogP contribution in [0.15, 0.2) is 60.8 Å². The zero-order valence-corrected chi connectivity index (χ0v) is 41.4. The normalized spacial score (nSPS) is 31.6. The van der Waals surface area contributed by atoms with E-state index in [9.17, 15) is 69.1 Å². The Bertz CT molecular complexity index is 1670. The maximum Gasteiger partial charge on any atom is 0.472 e. The molecule has 19 nitrogen and oxygen atoms in total. The van der Waals surface area contributed by atoms with Crippen LogP contribution in [0.2, 0.25) is 0 Å². The quantitative estimate of drug-likeness (QED) is 0.0264. The molecule has 1 aliphatic heterocycles. The van der Waals surface area contributed by atoms with Gasteiger partial charge in [-0.3, -0.25) is 23.2 Å². The van der Waals surface area contributed by atoms with E-state index < -0.39 is 120 Å². The molecule has 1 unspecified atom stereocenters. The number of esters is 2. The van der Waals surface area contributed by atoms with Gasteiger partial charge in [-0.25, -0.2) is 9.13 Å². The van der Waals surface area contributed by atoms with Gasteiger partial charge in [0, 0.05) is 31.1 Å². The van der Waals surface area contributed by atoms with Gasteiger partial charge >= 0.3 is 27.6 Å². The van der Waals surface area contributed by atoms with Gasteiger partial charge in [0.2, 0.25) is 0 Å². The molecule has 1 saturated carbocycles. The summed E-state index contributed by atoms with van der Waals surface area (Å²) in [6, 6.07) is 0. The largest absolute Gasteiger partial charge is 0.472 e. The number of phosphoric ester groups is 2. The number of allylic oxidation sites excluding steroid dienone is 8. The third-order valence-corrected chi connectivity index (χ3v) is 13.1. The van der Waals surface area contributed by atoms with E-state index in [1.165, 1.54) is 31.4 Å². The average Bonchev–Trinajstić information content (AvgIpc) is 3.28. The Hall–Kier alpha value is -2.42. The third kappa shape index (κ3) is 25.6. The van der Waals surface area contributed by atoms with Crippen LogP contribution in [-0.2, 0) is 41.8 Å². The highest BCUT2D eigenvalue weighted by molar-refractivity contribution is 7.47. The number of rotatable bonds is 23. The number of carbonyl (C=O) groups excluding carboxylic acids is 2. The third-order valence-electron chi connectivity index (χ3n) is 11.6. The van der Waals surface area contributed by atoms with Gasteiger partial charge in [0.15, 0.2) is 6.10 Å². The molecule has 0 amide bonds. The summed E-state index contributed by atoms with van der Waals surface area (Å²) in [7, 11) is -11.5. The first-order valence-electron chi connectivity index (χ1n) is 24.1. The van der Waals surface area contributed by atoms with Crippen molar-refractivity contribution in [1.82, 2.24) is 0 Å². The van der Waals surface area contributed by atoms with Crippen LogP contribution in [-0.4, -0.2) is 137 Å². The molecule has 1 heterocycles. The number of cyclic esters (lactones) is 1. The van der Waals surface area contributed by atoms with Gasteiger partial charge in [-0.1, -0.05) is 107 Å². The lowest BCUT2D eigenvalue weighted by molar-refractivity contribution is -0.165. The van der Waals surface area contributed by atoms with Crippen molar-refractivity contribution in [3.63, 3.8) is 0 Å². The van der Waals surface area contributed by atoms with Gasteiger partial charge in [-0.2, -0.15) is 0 Å². The molecule has 1 aliphatic carbocycles. The van der Waals surface area contributed by atoms with Crippen molar-refractivity contribution in [3.05, 3.63) is 60.8 Å². The molecule has 2 aliphatic rings. The fourth-order valence-electron chi connectivity index (χ4n) is 7.73.